The van der Waals surface area contributed by atoms with Gasteiger partial charge in [-0.25, -0.2) is 9.38 Å². The third-order valence-corrected chi connectivity index (χ3v) is 4.48. The predicted molar refractivity (Wildman–Crippen MR) is 110 cm³/mol. The van der Waals surface area contributed by atoms with Crippen molar-refractivity contribution in [1.82, 2.24) is 5.43 Å². The Labute approximate surface area is 163 Å². The zero-order valence-corrected chi connectivity index (χ0v) is 15.7. The number of aryl methyl sites for hydroxylation is 1. The molecule has 0 aromatic heterocycles. The minimum absolute atomic E-state index is 0.327. The van der Waals surface area contributed by atoms with Crippen molar-refractivity contribution in [3.63, 3.8) is 0 Å². The summed E-state index contributed by atoms with van der Waals surface area (Å²) in [4.78, 5) is 4.70. The van der Waals surface area contributed by atoms with Crippen molar-refractivity contribution in [3.05, 3.63) is 94.8 Å². The monoisotopic (exact) mass is 373 g/mol. The second kappa shape index (κ2) is 7.64. The molecule has 0 saturated heterocycles. The minimum Gasteiger partial charge on any atom is -0.494 e. The smallest absolute Gasteiger partial charge is 0.154 e. The first-order valence-electron chi connectivity index (χ1n) is 9.16. The summed E-state index contributed by atoms with van der Waals surface area (Å²) in [6.45, 7) is 4.58. The van der Waals surface area contributed by atoms with Gasteiger partial charge in [0.15, 0.2) is 5.84 Å². The summed E-state index contributed by atoms with van der Waals surface area (Å²) in [6, 6.07) is 20.2. The van der Waals surface area contributed by atoms with Gasteiger partial charge < -0.3 is 4.74 Å². The van der Waals surface area contributed by atoms with E-state index in [0.717, 1.165) is 16.9 Å². The lowest BCUT2D eigenvalue weighted by molar-refractivity contribution is 0.340. The molecule has 4 nitrogen and oxygen atoms in total. The maximum atomic E-state index is 14.0. The molecule has 0 saturated carbocycles. The van der Waals surface area contributed by atoms with Crippen molar-refractivity contribution >= 4 is 17.2 Å². The largest absolute Gasteiger partial charge is 0.494 e. The molecule has 0 unspecified atom stereocenters. The van der Waals surface area contributed by atoms with Crippen molar-refractivity contribution in [2.24, 2.45) is 10.1 Å². The second-order valence-electron chi connectivity index (χ2n) is 6.52. The van der Waals surface area contributed by atoms with E-state index in [1.807, 2.05) is 62.4 Å². The van der Waals surface area contributed by atoms with Crippen LogP contribution in [0.4, 0.5) is 10.1 Å². The molecule has 0 spiro atoms. The van der Waals surface area contributed by atoms with Gasteiger partial charge >= 0.3 is 0 Å². The number of hydrogen-bond donors (Lipinski definition) is 1. The number of nitrogens with one attached hydrogen (secondary N) is 1. The molecule has 0 radical (unpaired) electrons. The van der Waals surface area contributed by atoms with Gasteiger partial charge in [-0.15, -0.1) is 0 Å². The van der Waals surface area contributed by atoms with Gasteiger partial charge in [0.1, 0.15) is 17.3 Å². The molecular weight excluding hydrogens is 353 g/mol. The lowest BCUT2D eigenvalue weighted by Crippen LogP contribution is -2.19. The summed E-state index contributed by atoms with van der Waals surface area (Å²) < 4.78 is 19.5. The van der Waals surface area contributed by atoms with Gasteiger partial charge in [-0.3, -0.25) is 5.43 Å². The highest BCUT2D eigenvalue weighted by Crippen LogP contribution is 2.27. The Morgan fingerprint density at radius 3 is 2.36 bits per heavy atom. The summed E-state index contributed by atoms with van der Waals surface area (Å²) in [5, 5.41) is 4.56. The molecular formula is C23H20FN3O. The van der Waals surface area contributed by atoms with Gasteiger partial charge in [-0.2, -0.15) is 5.10 Å². The topological polar surface area (TPSA) is 46.0 Å². The summed E-state index contributed by atoms with van der Waals surface area (Å²) >= 11 is 0. The van der Waals surface area contributed by atoms with Crippen molar-refractivity contribution in [1.29, 1.82) is 0 Å². The highest BCUT2D eigenvalue weighted by molar-refractivity contribution is 6.18. The molecule has 3 aromatic carbocycles. The molecule has 0 aliphatic carbocycles. The number of benzene rings is 3. The Morgan fingerprint density at radius 2 is 1.64 bits per heavy atom. The lowest BCUT2D eigenvalue weighted by Gasteiger charge is -2.09. The Balaban J connectivity index is 1.79. The van der Waals surface area contributed by atoms with E-state index in [1.165, 1.54) is 17.7 Å². The summed E-state index contributed by atoms with van der Waals surface area (Å²) in [7, 11) is 0. The molecule has 28 heavy (non-hydrogen) atoms. The SMILES string of the molecule is CCOc1ccc(C2=NNC(c3ccc(C)cc3)=Nc3ccc(F)cc32)cc1. The maximum Gasteiger partial charge on any atom is 0.154 e. The molecule has 5 heteroatoms. The summed E-state index contributed by atoms with van der Waals surface area (Å²) in [5.41, 5.74) is 7.91. The van der Waals surface area contributed by atoms with Crippen molar-refractivity contribution in [3.8, 4) is 5.75 Å². The number of aliphatic imine (C=N–C) groups is 1. The van der Waals surface area contributed by atoms with Gasteiger partial charge in [0, 0.05) is 16.7 Å². The normalized spacial score (nSPS) is 13.0. The van der Waals surface area contributed by atoms with Crippen LogP contribution >= 0.6 is 0 Å². The van der Waals surface area contributed by atoms with Gasteiger partial charge in [0.05, 0.1) is 12.3 Å². The van der Waals surface area contributed by atoms with Gasteiger partial charge in [0.25, 0.3) is 0 Å². The first-order valence-corrected chi connectivity index (χ1v) is 9.16. The van der Waals surface area contributed by atoms with E-state index in [9.17, 15) is 4.39 Å². The van der Waals surface area contributed by atoms with E-state index in [2.05, 4.69) is 10.5 Å². The average molecular weight is 373 g/mol. The standard InChI is InChI=1S/C23H20FN3O/c1-3-28-19-11-8-16(9-12-19)22-20-14-18(24)10-13-21(20)25-23(27-26-22)17-6-4-15(2)5-7-17/h4-14H,3H2,1-2H3,(H,25,27). The van der Waals surface area contributed by atoms with Crippen LogP contribution in [0, 0.1) is 12.7 Å². The average Bonchev–Trinajstić information content (AvgIpc) is 2.89. The Hall–Kier alpha value is -3.47. The zero-order chi connectivity index (χ0) is 19.5. The quantitative estimate of drug-likeness (QED) is 0.702. The summed E-state index contributed by atoms with van der Waals surface area (Å²) in [6.07, 6.45) is 0. The third kappa shape index (κ3) is 3.64. The molecule has 3 aromatic rings. The third-order valence-electron chi connectivity index (χ3n) is 4.48. The van der Waals surface area contributed by atoms with Gasteiger partial charge in [-0.05, 0) is 56.3 Å². The van der Waals surface area contributed by atoms with E-state index in [-0.39, 0.29) is 5.82 Å². The predicted octanol–water partition coefficient (Wildman–Crippen LogP) is 4.97. The molecule has 0 amide bonds. The van der Waals surface area contributed by atoms with Crippen LogP contribution in [0.15, 0.2) is 76.8 Å². The van der Waals surface area contributed by atoms with Crippen LogP contribution in [0.25, 0.3) is 0 Å². The number of halogens is 1. The van der Waals surface area contributed by atoms with Crippen LogP contribution in [0.2, 0.25) is 0 Å². The number of nitrogens with zero attached hydrogens (tertiary/aromatic N) is 2. The Morgan fingerprint density at radius 1 is 0.929 bits per heavy atom. The second-order valence-corrected chi connectivity index (χ2v) is 6.52. The zero-order valence-electron chi connectivity index (χ0n) is 15.7. The highest BCUT2D eigenvalue weighted by Gasteiger charge is 2.18. The van der Waals surface area contributed by atoms with E-state index in [1.54, 1.807) is 6.07 Å². The molecule has 0 fully saturated rings. The minimum atomic E-state index is -0.327. The van der Waals surface area contributed by atoms with Crippen LogP contribution in [0.3, 0.4) is 0 Å². The first-order chi connectivity index (χ1) is 13.6. The van der Waals surface area contributed by atoms with E-state index >= 15 is 0 Å². The van der Waals surface area contributed by atoms with Crippen LogP contribution in [0.5, 0.6) is 5.75 Å². The summed E-state index contributed by atoms with van der Waals surface area (Å²) in [5.74, 6) is 1.07. The number of hydrogen-bond acceptors (Lipinski definition) is 4. The fourth-order valence-corrected chi connectivity index (χ4v) is 3.05. The fraction of sp³-hybridized carbons (Fsp3) is 0.130. The first kappa shape index (κ1) is 17.9. The fourth-order valence-electron chi connectivity index (χ4n) is 3.05. The molecule has 1 N–H and O–H groups in total. The maximum absolute atomic E-state index is 14.0. The molecule has 1 aliphatic heterocycles. The molecule has 0 atom stereocenters. The number of fused-ring (bicyclic) bond motifs is 1. The molecule has 4 rings (SSSR count). The van der Waals surface area contributed by atoms with Crippen LogP contribution in [-0.2, 0) is 0 Å². The van der Waals surface area contributed by atoms with Gasteiger partial charge in [0.2, 0.25) is 0 Å². The highest BCUT2D eigenvalue weighted by atomic mass is 19.1. The van der Waals surface area contributed by atoms with E-state index < -0.39 is 0 Å². The number of hydrazone groups is 1. The van der Waals surface area contributed by atoms with Crippen molar-refractivity contribution in [2.45, 2.75) is 13.8 Å². The molecule has 1 heterocycles. The molecule has 0 bridgehead atoms. The van der Waals surface area contributed by atoms with Crippen molar-refractivity contribution < 1.29 is 9.13 Å². The van der Waals surface area contributed by atoms with E-state index in [0.29, 0.717) is 29.4 Å². The van der Waals surface area contributed by atoms with Crippen LogP contribution in [-0.4, -0.2) is 18.2 Å². The number of ether oxygens (including phenoxy) is 1. The Bertz CT molecular complexity index is 1050. The number of rotatable bonds is 4. The van der Waals surface area contributed by atoms with E-state index in [4.69, 9.17) is 9.73 Å². The van der Waals surface area contributed by atoms with Crippen LogP contribution < -0.4 is 10.2 Å². The van der Waals surface area contributed by atoms with Crippen LogP contribution in [0.1, 0.15) is 29.2 Å². The lowest BCUT2D eigenvalue weighted by atomic mass is 10.0. The number of amidine groups is 1. The molecule has 140 valence electrons. The van der Waals surface area contributed by atoms with Gasteiger partial charge in [-0.1, -0.05) is 29.8 Å². The molecule has 1 aliphatic rings. The van der Waals surface area contributed by atoms with Crippen molar-refractivity contribution in [2.75, 3.05) is 6.61 Å². The Kier molecular flexibility index (Phi) is 4.89.